The summed E-state index contributed by atoms with van der Waals surface area (Å²) < 4.78 is 18.7. The molecule has 0 saturated heterocycles. The average Bonchev–Trinajstić information content (AvgIpc) is 3.11. The second kappa shape index (κ2) is 7.92. The Balaban J connectivity index is 1.47. The number of anilines is 1. The minimum atomic E-state index is -0.477. The van der Waals surface area contributed by atoms with Crippen molar-refractivity contribution in [1.29, 1.82) is 0 Å². The third kappa shape index (κ3) is 4.13. The van der Waals surface area contributed by atoms with Crippen molar-refractivity contribution < 1.29 is 18.7 Å². The summed E-state index contributed by atoms with van der Waals surface area (Å²) in [6, 6.07) is 15.5. The number of aromatic hydroxyl groups is 1. The molecule has 0 bridgehead atoms. The van der Waals surface area contributed by atoms with E-state index in [-0.39, 0.29) is 16.4 Å². The van der Waals surface area contributed by atoms with Crippen LogP contribution in [-0.2, 0) is 0 Å². The predicted molar refractivity (Wildman–Crippen MR) is 116 cm³/mol. The van der Waals surface area contributed by atoms with Gasteiger partial charge in [0.2, 0.25) is 5.89 Å². The second-order valence-corrected chi connectivity index (χ2v) is 7.05. The minimum Gasteiger partial charge on any atom is -0.507 e. The molecule has 8 heteroatoms. The Morgan fingerprint density at radius 3 is 2.60 bits per heavy atom. The first-order valence-electron chi connectivity index (χ1n) is 8.97. The maximum Gasteiger partial charge on any atom is 0.257 e. The number of phenolic OH excluding ortho intramolecular Hbond substituents is 1. The van der Waals surface area contributed by atoms with E-state index < -0.39 is 11.7 Å². The fourth-order valence-corrected chi connectivity index (χ4v) is 3.09. The van der Waals surface area contributed by atoms with Crippen molar-refractivity contribution in [2.24, 2.45) is 0 Å². The number of nitrogens with one attached hydrogen (secondary N) is 2. The molecular weight excluding hydrogens is 405 g/mol. The molecule has 0 fully saturated rings. The molecule has 0 saturated carbocycles. The summed E-state index contributed by atoms with van der Waals surface area (Å²) in [5, 5.41) is 15.8. The van der Waals surface area contributed by atoms with Crippen molar-refractivity contribution in [3.63, 3.8) is 0 Å². The summed E-state index contributed by atoms with van der Waals surface area (Å²) >= 11 is 5.13. The van der Waals surface area contributed by atoms with E-state index in [0.29, 0.717) is 28.2 Å². The molecule has 150 valence electrons. The zero-order valence-electron chi connectivity index (χ0n) is 15.8. The van der Waals surface area contributed by atoms with E-state index in [4.69, 9.17) is 16.6 Å². The van der Waals surface area contributed by atoms with Crippen LogP contribution in [0, 0.1) is 12.7 Å². The minimum absolute atomic E-state index is 0.0359. The highest BCUT2D eigenvalue weighted by atomic mass is 32.1. The number of oxazole rings is 1. The van der Waals surface area contributed by atoms with Gasteiger partial charge in [-0.2, -0.15) is 0 Å². The van der Waals surface area contributed by atoms with E-state index in [0.717, 1.165) is 5.56 Å². The molecule has 0 radical (unpaired) electrons. The zero-order chi connectivity index (χ0) is 21.3. The molecule has 0 aliphatic rings. The van der Waals surface area contributed by atoms with Crippen molar-refractivity contribution in [3.8, 4) is 17.2 Å². The summed E-state index contributed by atoms with van der Waals surface area (Å²) in [5.74, 6) is -0.671. The highest BCUT2D eigenvalue weighted by molar-refractivity contribution is 7.80. The Morgan fingerprint density at radius 2 is 1.87 bits per heavy atom. The Hall–Kier alpha value is -3.78. The van der Waals surface area contributed by atoms with E-state index in [1.165, 1.54) is 30.3 Å². The molecule has 3 aromatic carbocycles. The van der Waals surface area contributed by atoms with E-state index in [1.54, 1.807) is 12.1 Å². The maximum atomic E-state index is 13.0. The quantitative estimate of drug-likeness (QED) is 0.413. The van der Waals surface area contributed by atoms with Crippen LogP contribution in [0.4, 0.5) is 10.1 Å². The number of nitrogens with zero attached hydrogens (tertiary/aromatic N) is 1. The smallest absolute Gasteiger partial charge is 0.257 e. The fraction of sp³-hybridized carbons (Fsp3) is 0.0455. The summed E-state index contributed by atoms with van der Waals surface area (Å²) in [6.45, 7) is 1.96. The van der Waals surface area contributed by atoms with Gasteiger partial charge in [0.25, 0.3) is 5.91 Å². The van der Waals surface area contributed by atoms with Crippen LogP contribution in [0.1, 0.15) is 15.9 Å². The first kappa shape index (κ1) is 19.5. The average molecular weight is 421 g/mol. The van der Waals surface area contributed by atoms with Crippen molar-refractivity contribution in [3.05, 3.63) is 77.6 Å². The van der Waals surface area contributed by atoms with Crippen molar-refractivity contribution >= 4 is 40.0 Å². The Labute approximate surface area is 176 Å². The van der Waals surface area contributed by atoms with Crippen LogP contribution in [-0.4, -0.2) is 21.1 Å². The Bertz CT molecular complexity index is 1270. The zero-order valence-corrected chi connectivity index (χ0v) is 16.6. The summed E-state index contributed by atoms with van der Waals surface area (Å²) in [4.78, 5) is 16.6. The second-order valence-electron chi connectivity index (χ2n) is 6.64. The molecule has 0 aliphatic carbocycles. The fourth-order valence-electron chi connectivity index (χ4n) is 2.88. The molecule has 6 nitrogen and oxygen atoms in total. The normalized spacial score (nSPS) is 10.7. The van der Waals surface area contributed by atoms with Crippen LogP contribution in [0.5, 0.6) is 5.75 Å². The number of aromatic nitrogens is 1. The van der Waals surface area contributed by atoms with Crippen LogP contribution in [0.3, 0.4) is 0 Å². The number of thiocarbonyl (C=S) groups is 1. The Kier molecular flexibility index (Phi) is 5.16. The highest BCUT2D eigenvalue weighted by Gasteiger charge is 2.14. The van der Waals surface area contributed by atoms with Crippen LogP contribution < -0.4 is 10.6 Å². The van der Waals surface area contributed by atoms with Crippen LogP contribution >= 0.6 is 12.2 Å². The van der Waals surface area contributed by atoms with Gasteiger partial charge in [0, 0.05) is 17.3 Å². The number of benzene rings is 3. The number of carbonyl (C=O) groups excluding carboxylic acids is 1. The molecular formula is C22H16FN3O3S. The first-order valence-corrected chi connectivity index (χ1v) is 9.38. The van der Waals surface area contributed by atoms with Crippen LogP contribution in [0.25, 0.3) is 22.6 Å². The van der Waals surface area contributed by atoms with E-state index in [2.05, 4.69) is 15.6 Å². The predicted octanol–water partition coefficient (Wildman–Crippen LogP) is 4.77. The molecule has 30 heavy (non-hydrogen) atoms. The van der Waals surface area contributed by atoms with Gasteiger partial charge in [-0.15, -0.1) is 0 Å². The monoisotopic (exact) mass is 421 g/mol. The summed E-state index contributed by atoms with van der Waals surface area (Å²) in [6.07, 6.45) is 0. The number of fused-ring (bicyclic) bond motifs is 1. The van der Waals surface area contributed by atoms with Crippen molar-refractivity contribution in [1.82, 2.24) is 10.3 Å². The van der Waals surface area contributed by atoms with Gasteiger partial charge in [-0.05, 0) is 73.2 Å². The van der Waals surface area contributed by atoms with Crippen LogP contribution in [0.2, 0.25) is 0 Å². The molecule has 4 aromatic rings. The van der Waals surface area contributed by atoms with E-state index in [9.17, 15) is 14.3 Å². The molecule has 0 unspecified atom stereocenters. The van der Waals surface area contributed by atoms with Gasteiger partial charge in [0.1, 0.15) is 17.1 Å². The molecule has 1 aromatic heterocycles. The number of hydrogen-bond acceptors (Lipinski definition) is 5. The number of aryl methyl sites for hydroxylation is 1. The number of phenols is 1. The number of carbonyl (C=O) groups is 1. The number of rotatable bonds is 3. The van der Waals surface area contributed by atoms with Gasteiger partial charge in [0.05, 0.1) is 5.56 Å². The first-order chi connectivity index (χ1) is 14.4. The topological polar surface area (TPSA) is 87.4 Å². The summed E-state index contributed by atoms with van der Waals surface area (Å²) in [5.41, 5.74) is 3.55. The molecule has 0 atom stereocenters. The van der Waals surface area contributed by atoms with E-state index >= 15 is 0 Å². The Morgan fingerprint density at radius 1 is 1.10 bits per heavy atom. The lowest BCUT2D eigenvalue weighted by atomic mass is 10.2. The highest BCUT2D eigenvalue weighted by Crippen LogP contribution is 2.33. The third-order valence-corrected chi connectivity index (χ3v) is 4.57. The molecule has 0 spiro atoms. The van der Waals surface area contributed by atoms with E-state index in [1.807, 2.05) is 25.1 Å². The molecule has 1 heterocycles. The maximum absolute atomic E-state index is 13.0. The number of halogens is 1. The summed E-state index contributed by atoms with van der Waals surface area (Å²) in [7, 11) is 0. The van der Waals surface area contributed by atoms with Gasteiger partial charge in [0.15, 0.2) is 10.7 Å². The SMILES string of the molecule is Cc1ccc2oc(-c3ccc(NC(=S)NC(=O)c4ccc(F)cc4)cc3O)nc2c1. The van der Waals surface area contributed by atoms with Gasteiger partial charge in [-0.1, -0.05) is 6.07 Å². The third-order valence-electron chi connectivity index (χ3n) is 4.36. The van der Waals surface area contributed by atoms with Crippen LogP contribution in [0.15, 0.2) is 65.1 Å². The van der Waals surface area contributed by atoms with Gasteiger partial charge in [-0.25, -0.2) is 9.37 Å². The largest absolute Gasteiger partial charge is 0.507 e. The van der Waals surface area contributed by atoms with Gasteiger partial charge in [-0.3, -0.25) is 10.1 Å². The molecule has 0 aliphatic heterocycles. The van der Waals surface area contributed by atoms with Crippen molar-refractivity contribution in [2.75, 3.05) is 5.32 Å². The van der Waals surface area contributed by atoms with Gasteiger partial charge < -0.3 is 14.8 Å². The number of amides is 1. The van der Waals surface area contributed by atoms with Crippen molar-refractivity contribution in [2.45, 2.75) is 6.92 Å². The lowest BCUT2D eigenvalue weighted by Crippen LogP contribution is -2.34. The van der Waals surface area contributed by atoms with Gasteiger partial charge >= 0.3 is 0 Å². The lowest BCUT2D eigenvalue weighted by molar-refractivity contribution is 0.0977. The molecule has 4 rings (SSSR count). The molecule has 1 amide bonds. The lowest BCUT2D eigenvalue weighted by Gasteiger charge is -2.10. The standard InChI is InChI=1S/C22H16FN3O3S/c1-12-2-9-19-17(10-12)25-21(29-19)16-8-7-15(11-18(16)27)24-22(30)26-20(28)13-3-5-14(23)6-4-13/h2-11,27H,1H3,(H2,24,26,28,30). The number of hydrogen-bond donors (Lipinski definition) is 3. The molecule has 3 N–H and O–H groups in total.